The summed E-state index contributed by atoms with van der Waals surface area (Å²) in [6.45, 7) is 1.78. The minimum atomic E-state index is 0.373. The summed E-state index contributed by atoms with van der Waals surface area (Å²) < 4.78 is 0. The second-order valence-electron chi connectivity index (χ2n) is 2.24. The maximum absolute atomic E-state index is 8.20. The van der Waals surface area contributed by atoms with E-state index in [1.54, 1.807) is 19.1 Å². The Labute approximate surface area is 79.5 Å². The summed E-state index contributed by atoms with van der Waals surface area (Å²) in [5, 5.41) is 4.35. The molecule has 1 aromatic rings. The molecule has 5 heteroatoms. The van der Waals surface area contributed by atoms with E-state index >= 15 is 0 Å². The fourth-order valence-corrected chi connectivity index (χ4v) is 1.50. The first-order valence-corrected chi connectivity index (χ1v) is 3.91. The van der Waals surface area contributed by atoms with Crippen LogP contribution in [0.4, 0.5) is 5.69 Å². The molecule has 3 nitrogen and oxygen atoms in total. The molecule has 1 rings (SSSR count). The zero-order valence-corrected chi connectivity index (χ0v) is 7.76. The Morgan fingerprint density at radius 2 is 2.08 bits per heavy atom. The molecule has 0 bridgehead atoms. The van der Waals surface area contributed by atoms with Gasteiger partial charge in [0.1, 0.15) is 0 Å². The van der Waals surface area contributed by atoms with Crippen LogP contribution in [0.5, 0.6) is 0 Å². The lowest BCUT2D eigenvalue weighted by Crippen LogP contribution is -1.75. The van der Waals surface area contributed by atoms with Crippen LogP contribution in [0.25, 0.3) is 10.4 Å². The molecule has 0 amide bonds. The van der Waals surface area contributed by atoms with Gasteiger partial charge in [0, 0.05) is 9.93 Å². The Kier molecular flexibility index (Phi) is 2.82. The van der Waals surface area contributed by atoms with E-state index in [9.17, 15) is 0 Å². The molecule has 0 aliphatic rings. The molecule has 0 spiro atoms. The topological polar surface area (TPSA) is 48.8 Å². The molecule has 0 N–H and O–H groups in total. The Bertz CT molecular complexity index is 333. The number of hydrogen-bond donors (Lipinski definition) is 0. The first kappa shape index (κ1) is 9.20. The third-order valence-corrected chi connectivity index (χ3v) is 1.87. The van der Waals surface area contributed by atoms with Crippen molar-refractivity contribution in [2.45, 2.75) is 6.92 Å². The van der Waals surface area contributed by atoms with Crippen LogP contribution in [0.15, 0.2) is 17.2 Å². The quantitative estimate of drug-likeness (QED) is 0.371. The zero-order chi connectivity index (χ0) is 9.14. The molecule has 0 atom stereocenters. The highest BCUT2D eigenvalue weighted by Gasteiger charge is 2.02. The molecule has 0 aromatic heterocycles. The van der Waals surface area contributed by atoms with Gasteiger partial charge in [0.05, 0.1) is 10.7 Å². The van der Waals surface area contributed by atoms with Gasteiger partial charge in [-0.1, -0.05) is 28.3 Å². The third kappa shape index (κ3) is 1.83. The van der Waals surface area contributed by atoms with Crippen LogP contribution in [0.1, 0.15) is 5.56 Å². The lowest BCUT2D eigenvalue weighted by Gasteiger charge is -2.01. The zero-order valence-electron chi connectivity index (χ0n) is 6.25. The van der Waals surface area contributed by atoms with E-state index in [1.807, 2.05) is 0 Å². The lowest BCUT2D eigenvalue weighted by molar-refractivity contribution is 1.38. The van der Waals surface area contributed by atoms with Crippen LogP contribution in [0.2, 0.25) is 10.0 Å². The molecule has 0 heterocycles. The Morgan fingerprint density at radius 3 is 2.58 bits per heavy atom. The van der Waals surface area contributed by atoms with E-state index in [0.29, 0.717) is 15.7 Å². The number of aryl methyl sites for hydroxylation is 1. The van der Waals surface area contributed by atoms with Crippen LogP contribution in [0.3, 0.4) is 0 Å². The monoisotopic (exact) mass is 201 g/mol. The molecule has 0 saturated carbocycles. The van der Waals surface area contributed by atoms with E-state index in [4.69, 9.17) is 28.7 Å². The number of hydrogen-bond acceptors (Lipinski definition) is 1. The Hall–Kier alpha value is -0.890. The van der Waals surface area contributed by atoms with Crippen LogP contribution in [0, 0.1) is 6.92 Å². The summed E-state index contributed by atoms with van der Waals surface area (Å²) in [6, 6.07) is 3.23. The van der Waals surface area contributed by atoms with Gasteiger partial charge in [-0.3, -0.25) is 0 Å². The molecule has 0 saturated heterocycles. The summed E-state index contributed by atoms with van der Waals surface area (Å²) in [4.78, 5) is 2.65. The molecule has 0 radical (unpaired) electrons. The molecule has 12 heavy (non-hydrogen) atoms. The van der Waals surface area contributed by atoms with Crippen molar-refractivity contribution in [3.05, 3.63) is 38.2 Å². The van der Waals surface area contributed by atoms with Gasteiger partial charge in [-0.05, 0) is 30.2 Å². The van der Waals surface area contributed by atoms with Gasteiger partial charge in [0.25, 0.3) is 0 Å². The number of benzene rings is 1. The van der Waals surface area contributed by atoms with Crippen molar-refractivity contribution in [3.63, 3.8) is 0 Å². The standard InChI is InChI=1S/C7H5Cl2N3/c1-4-2-5(8)3-6(9)7(4)11-12-10/h2-3H,1H3. The maximum Gasteiger partial charge on any atom is 0.0591 e. The molecule has 0 aliphatic carbocycles. The largest absolute Gasteiger partial charge is 0.0843 e. The Morgan fingerprint density at radius 1 is 1.42 bits per heavy atom. The van der Waals surface area contributed by atoms with Crippen LogP contribution in [-0.4, -0.2) is 0 Å². The van der Waals surface area contributed by atoms with Crippen LogP contribution in [-0.2, 0) is 0 Å². The van der Waals surface area contributed by atoms with Crippen molar-refractivity contribution in [2.24, 2.45) is 5.11 Å². The van der Waals surface area contributed by atoms with E-state index < -0.39 is 0 Å². The minimum Gasteiger partial charge on any atom is -0.0843 e. The second-order valence-corrected chi connectivity index (χ2v) is 3.09. The van der Waals surface area contributed by atoms with Gasteiger partial charge in [0.15, 0.2) is 0 Å². The van der Waals surface area contributed by atoms with Gasteiger partial charge < -0.3 is 0 Å². The van der Waals surface area contributed by atoms with Gasteiger partial charge >= 0.3 is 0 Å². The molecule has 1 aromatic carbocycles. The van der Waals surface area contributed by atoms with Crippen LogP contribution >= 0.6 is 23.2 Å². The molecule has 0 fully saturated rings. The highest BCUT2D eigenvalue weighted by molar-refractivity contribution is 6.36. The van der Waals surface area contributed by atoms with Crippen molar-refractivity contribution in [1.82, 2.24) is 0 Å². The molecule has 0 aliphatic heterocycles. The molecular weight excluding hydrogens is 197 g/mol. The van der Waals surface area contributed by atoms with E-state index in [0.717, 1.165) is 5.56 Å². The van der Waals surface area contributed by atoms with Gasteiger partial charge in [-0.15, -0.1) is 0 Å². The highest BCUT2D eigenvalue weighted by Crippen LogP contribution is 2.31. The van der Waals surface area contributed by atoms with Crippen molar-refractivity contribution in [1.29, 1.82) is 0 Å². The summed E-state index contributed by atoms with van der Waals surface area (Å²) in [5.41, 5.74) is 9.41. The number of halogens is 2. The fourth-order valence-electron chi connectivity index (χ4n) is 0.866. The normalized spacial score (nSPS) is 9.25. The summed E-state index contributed by atoms with van der Waals surface area (Å²) >= 11 is 11.5. The Balaban J connectivity index is 3.37. The van der Waals surface area contributed by atoms with Gasteiger partial charge in [0.2, 0.25) is 0 Å². The molecule has 62 valence electrons. The smallest absolute Gasteiger partial charge is 0.0591 e. The number of azide groups is 1. The van der Waals surface area contributed by atoms with E-state index in [-0.39, 0.29) is 0 Å². The average molecular weight is 202 g/mol. The van der Waals surface area contributed by atoms with Crippen molar-refractivity contribution in [3.8, 4) is 0 Å². The van der Waals surface area contributed by atoms with E-state index in [2.05, 4.69) is 10.0 Å². The second kappa shape index (κ2) is 3.68. The number of nitrogens with zero attached hydrogens (tertiary/aromatic N) is 3. The van der Waals surface area contributed by atoms with Crippen LogP contribution < -0.4 is 0 Å². The van der Waals surface area contributed by atoms with Gasteiger partial charge in [-0.25, -0.2) is 0 Å². The fraction of sp³-hybridized carbons (Fsp3) is 0.143. The summed E-state index contributed by atoms with van der Waals surface area (Å²) in [5.74, 6) is 0. The SMILES string of the molecule is Cc1cc(Cl)cc(Cl)c1N=[N+]=[N-]. The lowest BCUT2D eigenvalue weighted by atomic mass is 10.2. The predicted molar refractivity (Wildman–Crippen MR) is 50.0 cm³/mol. The van der Waals surface area contributed by atoms with Crippen molar-refractivity contribution < 1.29 is 0 Å². The molecular formula is C7H5Cl2N3. The maximum atomic E-state index is 8.20. The summed E-state index contributed by atoms with van der Waals surface area (Å²) in [7, 11) is 0. The van der Waals surface area contributed by atoms with Crippen molar-refractivity contribution >= 4 is 28.9 Å². The molecule has 0 unspecified atom stereocenters. The van der Waals surface area contributed by atoms with E-state index in [1.165, 1.54) is 0 Å². The summed E-state index contributed by atoms with van der Waals surface area (Å²) in [6.07, 6.45) is 0. The minimum absolute atomic E-state index is 0.373. The first-order valence-electron chi connectivity index (χ1n) is 3.16. The first-order chi connectivity index (χ1) is 5.65. The predicted octanol–water partition coefficient (Wildman–Crippen LogP) is 4.24. The highest BCUT2D eigenvalue weighted by atomic mass is 35.5. The van der Waals surface area contributed by atoms with Crippen molar-refractivity contribution in [2.75, 3.05) is 0 Å². The average Bonchev–Trinajstić information content (AvgIpc) is 1.96. The third-order valence-electron chi connectivity index (χ3n) is 1.36. The number of rotatable bonds is 1. The van der Waals surface area contributed by atoms with Gasteiger partial charge in [-0.2, -0.15) is 0 Å².